The number of Topliss-reactive ketones (excluding diaryl/α,β-unsaturated/α-hetero) is 5. The molecular formula is C31H40O6. The molecule has 6 heteroatoms. The van der Waals surface area contributed by atoms with Crippen LogP contribution in [0.1, 0.15) is 108 Å². The highest BCUT2D eigenvalue weighted by atomic mass is 16.3. The molecule has 0 bridgehead atoms. The molecule has 0 amide bonds. The minimum Gasteiger partial charge on any atom is -0.388 e. The fourth-order valence-corrected chi connectivity index (χ4v) is 7.98. The Kier molecular flexibility index (Phi) is 6.55. The van der Waals surface area contributed by atoms with Crippen LogP contribution in [-0.4, -0.2) is 34.0 Å². The van der Waals surface area contributed by atoms with Gasteiger partial charge in [-0.2, -0.15) is 0 Å². The number of aliphatic hydroxyl groups is 1. The van der Waals surface area contributed by atoms with Crippen LogP contribution in [0.3, 0.4) is 0 Å². The lowest BCUT2D eigenvalue weighted by Crippen LogP contribution is -2.68. The highest BCUT2D eigenvalue weighted by Gasteiger charge is 2.71. The number of carbonyl (C=O) groups excluding carboxylic acids is 5. The van der Waals surface area contributed by atoms with E-state index in [1.165, 1.54) is 6.92 Å². The van der Waals surface area contributed by atoms with Gasteiger partial charge in [-0.05, 0) is 91.5 Å². The summed E-state index contributed by atoms with van der Waals surface area (Å²) in [5.74, 6) is -3.87. The summed E-state index contributed by atoms with van der Waals surface area (Å²) in [6.45, 7) is 14.4. The van der Waals surface area contributed by atoms with Crippen molar-refractivity contribution in [1.82, 2.24) is 0 Å². The van der Waals surface area contributed by atoms with Crippen LogP contribution in [0.4, 0.5) is 0 Å². The first kappa shape index (κ1) is 27.6. The second-order valence-corrected chi connectivity index (χ2v) is 13.0. The Morgan fingerprint density at radius 2 is 1.68 bits per heavy atom. The third-order valence-corrected chi connectivity index (χ3v) is 10.0. The molecule has 6 atom stereocenters. The van der Waals surface area contributed by atoms with E-state index < -0.39 is 51.5 Å². The van der Waals surface area contributed by atoms with Crippen molar-refractivity contribution >= 4 is 28.9 Å². The molecule has 0 saturated heterocycles. The molecule has 0 heterocycles. The smallest absolute Gasteiger partial charge is 0.164 e. The summed E-state index contributed by atoms with van der Waals surface area (Å²) in [5, 5.41) is 12.0. The summed E-state index contributed by atoms with van der Waals surface area (Å²) in [5.41, 5.74) is 1.68. The molecule has 6 nitrogen and oxygen atoms in total. The SMILES string of the molecule is CC(=O)CCc1cc(C(C)C)c2c(c1C)C(O)C1C(=O)C3(C)C(=O)C(C(C)=O)C(=O)CC3(C)CC1(C)C2. The molecule has 37 heavy (non-hydrogen) atoms. The molecule has 0 aliphatic heterocycles. The molecule has 1 N–H and O–H groups in total. The van der Waals surface area contributed by atoms with Gasteiger partial charge in [0.15, 0.2) is 17.3 Å². The summed E-state index contributed by atoms with van der Waals surface area (Å²) >= 11 is 0. The standard InChI is InChI=1S/C31H40O6/c1-15(2)20-11-19(10-9-16(3)32)17(4)23-21(20)12-29(6)14-30(7)13-22(34)24(18(5)33)27(36)31(30,8)28(37)25(29)26(23)35/h11,15,24-26,35H,9-10,12-14H2,1-8H3. The molecule has 4 rings (SSSR count). The maximum atomic E-state index is 14.4. The molecular weight excluding hydrogens is 468 g/mol. The van der Waals surface area contributed by atoms with Gasteiger partial charge in [-0.1, -0.05) is 33.8 Å². The van der Waals surface area contributed by atoms with Crippen molar-refractivity contribution in [3.63, 3.8) is 0 Å². The number of hydrogen-bond donors (Lipinski definition) is 1. The van der Waals surface area contributed by atoms with E-state index >= 15 is 0 Å². The summed E-state index contributed by atoms with van der Waals surface area (Å²) in [6.07, 6.45) is 0.830. The molecule has 3 aliphatic rings. The number of fused-ring (bicyclic) bond motifs is 3. The Labute approximate surface area is 219 Å². The fraction of sp³-hybridized carbons (Fsp3) is 0.645. The number of ketones is 5. The van der Waals surface area contributed by atoms with Crippen LogP contribution in [0.2, 0.25) is 0 Å². The van der Waals surface area contributed by atoms with Gasteiger partial charge in [-0.15, -0.1) is 0 Å². The Hall–Kier alpha value is -2.47. The monoisotopic (exact) mass is 508 g/mol. The Bertz CT molecular complexity index is 1240. The molecule has 3 aliphatic carbocycles. The Morgan fingerprint density at radius 1 is 1.05 bits per heavy atom. The van der Waals surface area contributed by atoms with Crippen molar-refractivity contribution in [2.24, 2.45) is 28.1 Å². The minimum absolute atomic E-state index is 0.00343. The van der Waals surface area contributed by atoms with Crippen LogP contribution in [0.25, 0.3) is 0 Å². The highest BCUT2D eigenvalue weighted by molar-refractivity contribution is 6.27. The van der Waals surface area contributed by atoms with Gasteiger partial charge >= 0.3 is 0 Å². The van der Waals surface area contributed by atoms with Crippen molar-refractivity contribution in [1.29, 1.82) is 0 Å². The van der Waals surface area contributed by atoms with Gasteiger partial charge in [0.25, 0.3) is 0 Å². The van der Waals surface area contributed by atoms with E-state index in [4.69, 9.17) is 0 Å². The van der Waals surface area contributed by atoms with Crippen molar-refractivity contribution < 1.29 is 29.1 Å². The maximum absolute atomic E-state index is 14.4. The first-order valence-corrected chi connectivity index (χ1v) is 13.4. The van der Waals surface area contributed by atoms with E-state index in [0.29, 0.717) is 25.7 Å². The number of aryl methyl sites for hydroxylation is 1. The van der Waals surface area contributed by atoms with E-state index in [0.717, 1.165) is 27.8 Å². The Balaban J connectivity index is 1.91. The molecule has 200 valence electrons. The third-order valence-electron chi connectivity index (χ3n) is 10.0. The molecule has 0 spiro atoms. The lowest BCUT2D eigenvalue weighted by molar-refractivity contribution is -0.183. The number of benzene rings is 1. The average molecular weight is 509 g/mol. The molecule has 1 aromatic rings. The molecule has 1 aromatic carbocycles. The minimum atomic E-state index is -1.53. The molecule has 0 aromatic heterocycles. The third kappa shape index (κ3) is 3.81. The molecule has 6 unspecified atom stereocenters. The molecule has 0 radical (unpaired) electrons. The summed E-state index contributed by atoms with van der Waals surface area (Å²) in [6, 6.07) is 2.15. The lowest BCUT2D eigenvalue weighted by atomic mass is 9.39. The largest absolute Gasteiger partial charge is 0.388 e. The zero-order chi connectivity index (χ0) is 27.8. The first-order valence-electron chi connectivity index (χ1n) is 13.4. The maximum Gasteiger partial charge on any atom is 0.164 e. The van der Waals surface area contributed by atoms with Crippen LogP contribution < -0.4 is 0 Å². The van der Waals surface area contributed by atoms with Crippen LogP contribution in [-0.2, 0) is 36.8 Å². The quantitative estimate of drug-likeness (QED) is 0.584. The number of carbonyl (C=O) groups is 5. The van der Waals surface area contributed by atoms with Gasteiger partial charge in [0.05, 0.1) is 17.4 Å². The Morgan fingerprint density at radius 3 is 2.22 bits per heavy atom. The predicted octanol–water partition coefficient (Wildman–Crippen LogP) is 4.58. The normalized spacial score (nSPS) is 35.2. The summed E-state index contributed by atoms with van der Waals surface area (Å²) < 4.78 is 0. The van der Waals surface area contributed by atoms with Crippen LogP contribution in [0.5, 0.6) is 0 Å². The van der Waals surface area contributed by atoms with Crippen LogP contribution in [0, 0.1) is 35.0 Å². The second-order valence-electron chi connectivity index (χ2n) is 13.0. The van der Waals surface area contributed by atoms with Gasteiger partial charge in [-0.3, -0.25) is 19.2 Å². The van der Waals surface area contributed by atoms with Crippen molar-refractivity contribution in [2.75, 3.05) is 0 Å². The van der Waals surface area contributed by atoms with Gasteiger partial charge in [0.1, 0.15) is 17.5 Å². The van der Waals surface area contributed by atoms with E-state index in [2.05, 4.69) is 19.9 Å². The van der Waals surface area contributed by atoms with Gasteiger partial charge in [0, 0.05) is 12.8 Å². The number of aliphatic hydroxyl groups excluding tert-OH is 1. The molecule has 2 saturated carbocycles. The van der Waals surface area contributed by atoms with Gasteiger partial charge < -0.3 is 9.90 Å². The van der Waals surface area contributed by atoms with E-state index in [9.17, 15) is 29.1 Å². The topological polar surface area (TPSA) is 106 Å². The van der Waals surface area contributed by atoms with E-state index in [1.54, 1.807) is 13.8 Å². The van der Waals surface area contributed by atoms with Crippen LogP contribution in [0.15, 0.2) is 6.07 Å². The molecule has 2 fully saturated rings. The zero-order valence-corrected chi connectivity index (χ0v) is 23.4. The van der Waals surface area contributed by atoms with E-state index in [1.807, 2.05) is 20.8 Å². The van der Waals surface area contributed by atoms with Gasteiger partial charge in [-0.25, -0.2) is 0 Å². The predicted molar refractivity (Wildman–Crippen MR) is 139 cm³/mol. The second kappa shape index (κ2) is 8.79. The average Bonchev–Trinajstić information content (AvgIpc) is 2.74. The lowest BCUT2D eigenvalue weighted by Gasteiger charge is -2.61. The number of hydrogen-bond acceptors (Lipinski definition) is 6. The zero-order valence-electron chi connectivity index (χ0n) is 23.4. The summed E-state index contributed by atoms with van der Waals surface area (Å²) in [7, 11) is 0. The van der Waals surface area contributed by atoms with E-state index in [-0.39, 0.29) is 23.9 Å². The van der Waals surface area contributed by atoms with Gasteiger partial charge in [0.2, 0.25) is 0 Å². The number of rotatable bonds is 5. The van der Waals surface area contributed by atoms with Crippen molar-refractivity contribution in [3.05, 3.63) is 33.9 Å². The van der Waals surface area contributed by atoms with Crippen molar-refractivity contribution in [2.45, 2.75) is 99.5 Å². The van der Waals surface area contributed by atoms with Crippen LogP contribution >= 0.6 is 0 Å². The fourth-order valence-electron chi connectivity index (χ4n) is 7.98. The van der Waals surface area contributed by atoms with Crippen molar-refractivity contribution in [3.8, 4) is 0 Å². The summed E-state index contributed by atoms with van der Waals surface area (Å²) in [4.78, 5) is 65.1. The highest BCUT2D eigenvalue weighted by Crippen LogP contribution is 2.66. The first-order chi connectivity index (χ1) is 17.0.